The van der Waals surface area contributed by atoms with E-state index in [4.69, 9.17) is 5.73 Å². The minimum absolute atomic E-state index is 0.211. The summed E-state index contributed by atoms with van der Waals surface area (Å²) in [6.45, 7) is 0. The average Bonchev–Trinajstić information content (AvgIpc) is 2.63. The van der Waals surface area contributed by atoms with Crippen LogP contribution in [-0.2, 0) is 17.1 Å². The number of hydrogen-bond acceptors (Lipinski definition) is 4. The molecule has 1 aromatic carbocycles. The SMILES string of the molecule is Cn1cc(S(=O)(=O)Nc2ccc(F)cc2F)c(N)n1. The van der Waals surface area contributed by atoms with Gasteiger partial charge in [0.05, 0.1) is 5.69 Å². The van der Waals surface area contributed by atoms with Gasteiger partial charge in [0.2, 0.25) is 0 Å². The second-order valence-electron chi connectivity index (χ2n) is 3.78. The molecule has 0 saturated heterocycles. The fourth-order valence-electron chi connectivity index (χ4n) is 1.46. The van der Waals surface area contributed by atoms with E-state index in [2.05, 4.69) is 5.10 Å². The van der Waals surface area contributed by atoms with Gasteiger partial charge in [0.25, 0.3) is 10.0 Å². The van der Waals surface area contributed by atoms with Crippen LogP contribution in [-0.4, -0.2) is 18.2 Å². The molecule has 0 saturated carbocycles. The van der Waals surface area contributed by atoms with Crippen LogP contribution >= 0.6 is 0 Å². The first-order valence-corrected chi connectivity index (χ1v) is 6.55. The number of halogens is 2. The fraction of sp³-hybridized carbons (Fsp3) is 0.100. The van der Waals surface area contributed by atoms with Gasteiger partial charge in [-0.25, -0.2) is 17.2 Å². The maximum Gasteiger partial charge on any atom is 0.267 e. The van der Waals surface area contributed by atoms with Crippen LogP contribution < -0.4 is 10.5 Å². The molecule has 0 radical (unpaired) electrons. The summed E-state index contributed by atoms with van der Waals surface area (Å²) in [5.74, 6) is -2.04. The molecule has 0 atom stereocenters. The predicted molar refractivity (Wildman–Crippen MR) is 64.8 cm³/mol. The zero-order valence-electron chi connectivity index (χ0n) is 9.76. The summed E-state index contributed by atoms with van der Waals surface area (Å²) in [6.07, 6.45) is 1.18. The monoisotopic (exact) mass is 288 g/mol. The Morgan fingerprint density at radius 2 is 2.05 bits per heavy atom. The van der Waals surface area contributed by atoms with Gasteiger partial charge >= 0.3 is 0 Å². The lowest BCUT2D eigenvalue weighted by Gasteiger charge is -2.07. The van der Waals surface area contributed by atoms with E-state index in [0.717, 1.165) is 12.1 Å². The topological polar surface area (TPSA) is 90.0 Å². The minimum atomic E-state index is -4.08. The first-order chi connectivity index (χ1) is 8.79. The van der Waals surface area contributed by atoms with Crippen molar-refractivity contribution < 1.29 is 17.2 Å². The summed E-state index contributed by atoms with van der Waals surface area (Å²) in [4.78, 5) is -0.279. The Kier molecular flexibility index (Phi) is 3.14. The highest BCUT2D eigenvalue weighted by atomic mass is 32.2. The second-order valence-corrected chi connectivity index (χ2v) is 5.43. The maximum atomic E-state index is 13.4. The van der Waals surface area contributed by atoms with Crippen molar-refractivity contribution in [3.8, 4) is 0 Å². The van der Waals surface area contributed by atoms with Crippen molar-refractivity contribution in [1.29, 1.82) is 0 Å². The van der Waals surface area contributed by atoms with Crippen molar-refractivity contribution in [3.63, 3.8) is 0 Å². The molecular formula is C10H10F2N4O2S. The van der Waals surface area contributed by atoms with Crippen molar-refractivity contribution in [1.82, 2.24) is 9.78 Å². The van der Waals surface area contributed by atoms with E-state index in [9.17, 15) is 17.2 Å². The molecule has 0 aliphatic carbocycles. The van der Waals surface area contributed by atoms with Gasteiger partial charge in [-0.3, -0.25) is 9.40 Å². The van der Waals surface area contributed by atoms with E-state index < -0.39 is 21.7 Å². The van der Waals surface area contributed by atoms with Gasteiger partial charge in [-0.2, -0.15) is 5.10 Å². The van der Waals surface area contributed by atoms with E-state index in [1.807, 2.05) is 4.72 Å². The fourth-order valence-corrected chi connectivity index (χ4v) is 2.64. The number of aryl methyl sites for hydroxylation is 1. The predicted octanol–water partition coefficient (Wildman–Crippen LogP) is 1.08. The van der Waals surface area contributed by atoms with Crippen LogP contribution in [0.3, 0.4) is 0 Å². The summed E-state index contributed by atoms with van der Waals surface area (Å²) in [5, 5.41) is 3.68. The Morgan fingerprint density at radius 3 is 2.58 bits per heavy atom. The second kappa shape index (κ2) is 4.50. The third-order valence-corrected chi connectivity index (χ3v) is 3.67. The first-order valence-electron chi connectivity index (χ1n) is 5.06. The van der Waals surface area contributed by atoms with E-state index in [0.29, 0.717) is 6.07 Å². The number of nitrogens with two attached hydrogens (primary N) is 1. The molecule has 1 aromatic heterocycles. The molecule has 0 fully saturated rings. The lowest BCUT2D eigenvalue weighted by molar-refractivity contribution is 0.583. The molecule has 0 bridgehead atoms. The number of anilines is 2. The van der Waals surface area contributed by atoms with Gasteiger partial charge < -0.3 is 5.73 Å². The van der Waals surface area contributed by atoms with E-state index in [1.165, 1.54) is 17.9 Å². The molecule has 0 aliphatic rings. The van der Waals surface area contributed by atoms with Gasteiger partial charge in [0.1, 0.15) is 16.5 Å². The third-order valence-electron chi connectivity index (χ3n) is 2.29. The number of nitrogens with zero attached hydrogens (tertiary/aromatic N) is 2. The van der Waals surface area contributed by atoms with Crippen LogP contribution in [0, 0.1) is 11.6 Å². The van der Waals surface area contributed by atoms with Crippen molar-refractivity contribution in [2.75, 3.05) is 10.5 Å². The number of sulfonamides is 1. The van der Waals surface area contributed by atoms with Crippen LogP contribution in [0.5, 0.6) is 0 Å². The van der Waals surface area contributed by atoms with Crippen LogP contribution in [0.15, 0.2) is 29.3 Å². The molecule has 0 aliphatic heterocycles. The molecule has 3 N–H and O–H groups in total. The summed E-state index contributed by atoms with van der Waals surface area (Å²) in [7, 11) is -2.59. The third kappa shape index (κ3) is 2.65. The number of hydrogen-bond donors (Lipinski definition) is 2. The van der Waals surface area contributed by atoms with Gasteiger partial charge in [0.15, 0.2) is 5.82 Å². The van der Waals surface area contributed by atoms with Gasteiger partial charge in [-0.05, 0) is 12.1 Å². The molecule has 0 spiro atoms. The molecule has 6 nitrogen and oxygen atoms in total. The molecule has 0 amide bonds. The Balaban J connectivity index is 2.39. The number of nitrogen functional groups attached to an aromatic ring is 1. The summed E-state index contributed by atoms with van der Waals surface area (Å²) in [6, 6.07) is 2.49. The number of nitrogens with one attached hydrogen (secondary N) is 1. The van der Waals surface area contributed by atoms with Crippen molar-refractivity contribution in [3.05, 3.63) is 36.0 Å². The standard InChI is InChI=1S/C10H10F2N4O2S/c1-16-5-9(10(13)14-16)19(17,18)15-8-3-2-6(11)4-7(8)12/h2-5,15H,1H3,(H2,13,14). The number of aromatic nitrogens is 2. The van der Waals surface area contributed by atoms with Gasteiger partial charge in [-0.1, -0.05) is 0 Å². The molecule has 0 unspecified atom stereocenters. The smallest absolute Gasteiger partial charge is 0.267 e. The molecule has 9 heteroatoms. The van der Waals surface area contributed by atoms with Crippen LogP contribution in [0.4, 0.5) is 20.3 Å². The highest BCUT2D eigenvalue weighted by molar-refractivity contribution is 7.92. The molecule has 2 rings (SSSR count). The molecule has 19 heavy (non-hydrogen) atoms. The quantitative estimate of drug-likeness (QED) is 0.884. The van der Waals surface area contributed by atoms with Crippen LogP contribution in [0.1, 0.15) is 0 Å². The van der Waals surface area contributed by atoms with Crippen molar-refractivity contribution in [2.45, 2.75) is 4.90 Å². The Labute approximate surface area is 107 Å². The Bertz CT molecular complexity index is 727. The summed E-state index contributed by atoms with van der Waals surface area (Å²) in [5.41, 5.74) is 5.07. The zero-order valence-corrected chi connectivity index (χ0v) is 10.6. The summed E-state index contributed by atoms with van der Waals surface area (Å²) < 4.78 is 53.2. The normalized spacial score (nSPS) is 11.5. The van der Waals surface area contributed by atoms with Crippen LogP contribution in [0.2, 0.25) is 0 Å². The largest absolute Gasteiger partial charge is 0.381 e. The van der Waals surface area contributed by atoms with Gasteiger partial charge in [0, 0.05) is 19.3 Å². The number of benzene rings is 1. The van der Waals surface area contributed by atoms with Crippen LogP contribution in [0.25, 0.3) is 0 Å². The zero-order chi connectivity index (χ0) is 14.2. The Hall–Kier alpha value is -2.16. The Morgan fingerprint density at radius 1 is 1.37 bits per heavy atom. The number of rotatable bonds is 3. The van der Waals surface area contributed by atoms with Gasteiger partial charge in [-0.15, -0.1) is 0 Å². The molecule has 2 aromatic rings. The summed E-state index contributed by atoms with van der Waals surface area (Å²) >= 11 is 0. The van der Waals surface area contributed by atoms with Crippen molar-refractivity contribution in [2.24, 2.45) is 7.05 Å². The lowest BCUT2D eigenvalue weighted by Crippen LogP contribution is -2.15. The molecular weight excluding hydrogens is 278 g/mol. The van der Waals surface area contributed by atoms with Crippen molar-refractivity contribution >= 4 is 21.5 Å². The lowest BCUT2D eigenvalue weighted by atomic mass is 10.3. The van der Waals surface area contributed by atoms with E-state index in [1.54, 1.807) is 0 Å². The first kappa shape index (κ1) is 13.3. The van der Waals surface area contributed by atoms with E-state index in [-0.39, 0.29) is 16.4 Å². The molecule has 102 valence electrons. The highest BCUT2D eigenvalue weighted by Gasteiger charge is 2.22. The molecule has 1 heterocycles. The maximum absolute atomic E-state index is 13.4. The van der Waals surface area contributed by atoms with E-state index >= 15 is 0 Å². The highest BCUT2D eigenvalue weighted by Crippen LogP contribution is 2.22. The minimum Gasteiger partial charge on any atom is -0.381 e. The average molecular weight is 288 g/mol.